The molecule has 0 unspecified atom stereocenters. The van der Waals surface area contributed by atoms with Crippen molar-refractivity contribution < 1.29 is 19.4 Å². The normalized spacial score (nSPS) is 15.0. The number of rotatable bonds is 7. The Bertz CT molecular complexity index is 1290. The van der Waals surface area contributed by atoms with Crippen LogP contribution in [0.4, 0.5) is 0 Å². The highest BCUT2D eigenvalue weighted by Crippen LogP contribution is 2.44. The summed E-state index contributed by atoms with van der Waals surface area (Å²) in [7, 11) is 1.61. The number of nitrogens with one attached hydrogen (secondary N) is 1. The van der Waals surface area contributed by atoms with E-state index < -0.39 is 6.04 Å². The summed E-state index contributed by atoms with van der Waals surface area (Å²) < 4.78 is 11.3. The first-order valence-corrected chi connectivity index (χ1v) is 10.7. The quantitative estimate of drug-likeness (QED) is 0.432. The van der Waals surface area contributed by atoms with E-state index in [2.05, 4.69) is 10.2 Å². The molecule has 33 heavy (non-hydrogen) atoms. The van der Waals surface area contributed by atoms with Gasteiger partial charge in [0.15, 0.2) is 0 Å². The highest BCUT2D eigenvalue weighted by molar-refractivity contribution is 6.00. The zero-order chi connectivity index (χ0) is 22.8. The van der Waals surface area contributed by atoms with Crippen molar-refractivity contribution in [3.63, 3.8) is 0 Å². The Labute approximate surface area is 191 Å². The number of aromatic hydroxyl groups is 1. The van der Waals surface area contributed by atoms with Gasteiger partial charge in [0.25, 0.3) is 5.91 Å². The lowest BCUT2D eigenvalue weighted by Crippen LogP contribution is -2.32. The van der Waals surface area contributed by atoms with Crippen molar-refractivity contribution >= 4 is 5.91 Å². The Morgan fingerprint density at radius 1 is 1.00 bits per heavy atom. The molecule has 1 aliphatic rings. The van der Waals surface area contributed by atoms with E-state index in [0.29, 0.717) is 35.9 Å². The standard InChI is InChI=1S/C26H23N3O4/c1-32-15-14-29-25(17-8-7-11-19(16-17)33-18-9-3-2-4-10-18)22-23(27-28-24(22)26(29)31)20-12-5-6-13-21(20)30/h2-13,16,25,30H,14-15H2,1H3,(H,27,28)/t25-/m1/s1. The summed E-state index contributed by atoms with van der Waals surface area (Å²) in [6, 6.07) is 23.8. The third-order valence-corrected chi connectivity index (χ3v) is 5.71. The molecule has 2 heterocycles. The summed E-state index contributed by atoms with van der Waals surface area (Å²) in [5.41, 5.74) is 3.15. The van der Waals surface area contributed by atoms with Crippen molar-refractivity contribution in [1.29, 1.82) is 0 Å². The molecule has 166 valence electrons. The van der Waals surface area contributed by atoms with E-state index in [0.717, 1.165) is 16.9 Å². The number of fused-ring (bicyclic) bond motifs is 1. The molecule has 0 fully saturated rings. The van der Waals surface area contributed by atoms with Crippen molar-refractivity contribution in [1.82, 2.24) is 15.1 Å². The molecule has 0 aliphatic carbocycles. The minimum atomic E-state index is -0.407. The van der Waals surface area contributed by atoms with Gasteiger partial charge in [-0.25, -0.2) is 0 Å². The Kier molecular flexibility index (Phi) is 5.54. The Hall–Kier alpha value is -4.10. The number of benzene rings is 3. The Morgan fingerprint density at radius 3 is 2.55 bits per heavy atom. The lowest BCUT2D eigenvalue weighted by molar-refractivity contribution is 0.0677. The highest BCUT2D eigenvalue weighted by Gasteiger charge is 2.42. The molecule has 0 saturated carbocycles. The van der Waals surface area contributed by atoms with Crippen LogP contribution in [0.25, 0.3) is 11.3 Å². The van der Waals surface area contributed by atoms with Gasteiger partial charge in [0.05, 0.1) is 12.6 Å². The highest BCUT2D eigenvalue weighted by atomic mass is 16.5. The van der Waals surface area contributed by atoms with Crippen LogP contribution >= 0.6 is 0 Å². The van der Waals surface area contributed by atoms with Crippen molar-refractivity contribution in [3.8, 4) is 28.5 Å². The summed E-state index contributed by atoms with van der Waals surface area (Å²) in [6.07, 6.45) is 0. The van der Waals surface area contributed by atoms with Crippen LogP contribution < -0.4 is 4.74 Å². The van der Waals surface area contributed by atoms with E-state index in [4.69, 9.17) is 9.47 Å². The summed E-state index contributed by atoms with van der Waals surface area (Å²) in [5, 5.41) is 17.8. The fourth-order valence-corrected chi connectivity index (χ4v) is 4.22. The number of carbonyl (C=O) groups excluding carboxylic acids is 1. The van der Waals surface area contributed by atoms with E-state index in [1.807, 2.05) is 60.7 Å². The Balaban J connectivity index is 1.60. The van der Waals surface area contributed by atoms with Gasteiger partial charge >= 0.3 is 0 Å². The first-order valence-electron chi connectivity index (χ1n) is 10.7. The summed E-state index contributed by atoms with van der Waals surface area (Å²) in [5.74, 6) is 1.34. The molecule has 1 aliphatic heterocycles. The molecule has 7 nitrogen and oxygen atoms in total. The van der Waals surface area contributed by atoms with Crippen molar-refractivity contribution in [2.45, 2.75) is 6.04 Å². The van der Waals surface area contributed by atoms with Crippen LogP contribution in [0.15, 0.2) is 78.9 Å². The SMILES string of the molecule is COCCN1C(=O)c2[nH]nc(-c3ccccc3O)c2[C@H]1c1cccc(Oc2ccccc2)c1. The van der Waals surface area contributed by atoms with Crippen molar-refractivity contribution in [2.75, 3.05) is 20.3 Å². The number of carbonyl (C=O) groups is 1. The molecule has 4 aromatic rings. The van der Waals surface area contributed by atoms with Crippen LogP contribution in [0.1, 0.15) is 27.7 Å². The molecule has 7 heteroatoms. The molecule has 0 bridgehead atoms. The summed E-state index contributed by atoms with van der Waals surface area (Å²) in [4.78, 5) is 15.1. The Morgan fingerprint density at radius 2 is 1.76 bits per heavy atom. The lowest BCUT2D eigenvalue weighted by Gasteiger charge is -2.26. The van der Waals surface area contributed by atoms with Crippen LogP contribution in [0, 0.1) is 0 Å². The zero-order valence-corrected chi connectivity index (χ0v) is 18.1. The van der Waals surface area contributed by atoms with Gasteiger partial charge in [-0.15, -0.1) is 0 Å². The van der Waals surface area contributed by atoms with Crippen molar-refractivity contribution in [2.24, 2.45) is 0 Å². The summed E-state index contributed by atoms with van der Waals surface area (Å²) in [6.45, 7) is 0.804. The van der Waals surface area contributed by atoms with Crippen LogP contribution in [0.3, 0.4) is 0 Å². The largest absolute Gasteiger partial charge is 0.507 e. The van der Waals surface area contributed by atoms with Gasteiger partial charge in [-0.2, -0.15) is 5.10 Å². The van der Waals surface area contributed by atoms with Gasteiger partial charge < -0.3 is 19.5 Å². The number of ether oxygens (including phenoxy) is 2. The molecule has 0 spiro atoms. The fraction of sp³-hybridized carbons (Fsp3) is 0.154. The van der Waals surface area contributed by atoms with Crippen LogP contribution in [0.2, 0.25) is 0 Å². The third kappa shape index (κ3) is 3.83. The van der Waals surface area contributed by atoms with Crippen LogP contribution in [-0.4, -0.2) is 46.4 Å². The second-order valence-electron chi connectivity index (χ2n) is 7.76. The van der Waals surface area contributed by atoms with E-state index in [1.54, 1.807) is 30.2 Å². The number of phenols is 1. The molecule has 1 amide bonds. The molecule has 5 rings (SSSR count). The number of phenolic OH excluding ortho intramolecular Hbond substituents is 1. The van der Waals surface area contributed by atoms with E-state index in [9.17, 15) is 9.90 Å². The van der Waals surface area contributed by atoms with E-state index in [-0.39, 0.29) is 11.7 Å². The molecule has 1 atom stereocenters. The lowest BCUT2D eigenvalue weighted by atomic mass is 9.95. The van der Waals surface area contributed by atoms with Gasteiger partial charge in [-0.3, -0.25) is 9.89 Å². The van der Waals surface area contributed by atoms with Crippen LogP contribution in [-0.2, 0) is 4.74 Å². The molecule has 0 saturated heterocycles. The maximum absolute atomic E-state index is 13.3. The average Bonchev–Trinajstić information content (AvgIpc) is 3.37. The topological polar surface area (TPSA) is 87.7 Å². The number of hydrogen-bond acceptors (Lipinski definition) is 5. The average molecular weight is 441 g/mol. The number of aromatic amines is 1. The molecule has 2 N–H and O–H groups in total. The molecular formula is C26H23N3O4. The van der Waals surface area contributed by atoms with Crippen molar-refractivity contribution in [3.05, 3.63) is 95.7 Å². The monoisotopic (exact) mass is 441 g/mol. The number of methoxy groups -OCH3 is 1. The number of nitrogens with zero attached hydrogens (tertiary/aromatic N) is 2. The predicted molar refractivity (Wildman–Crippen MR) is 123 cm³/mol. The molecule has 0 radical (unpaired) electrons. The summed E-state index contributed by atoms with van der Waals surface area (Å²) >= 11 is 0. The first kappa shape index (κ1) is 20.8. The molecular weight excluding hydrogens is 418 g/mol. The molecule has 3 aromatic carbocycles. The number of aromatic nitrogens is 2. The first-order chi connectivity index (χ1) is 16.2. The molecule has 1 aromatic heterocycles. The second kappa shape index (κ2) is 8.80. The van der Waals surface area contributed by atoms with Gasteiger partial charge in [0.2, 0.25) is 0 Å². The van der Waals surface area contributed by atoms with E-state index in [1.165, 1.54) is 0 Å². The maximum atomic E-state index is 13.3. The number of amides is 1. The van der Waals surface area contributed by atoms with Crippen LogP contribution in [0.5, 0.6) is 17.2 Å². The third-order valence-electron chi connectivity index (χ3n) is 5.71. The van der Waals surface area contributed by atoms with Gasteiger partial charge in [0.1, 0.15) is 28.6 Å². The smallest absolute Gasteiger partial charge is 0.273 e. The maximum Gasteiger partial charge on any atom is 0.273 e. The minimum Gasteiger partial charge on any atom is -0.507 e. The predicted octanol–water partition coefficient (Wildman–Crippen LogP) is 4.77. The number of para-hydroxylation sites is 2. The zero-order valence-electron chi connectivity index (χ0n) is 18.1. The second-order valence-corrected chi connectivity index (χ2v) is 7.76. The van der Waals surface area contributed by atoms with E-state index >= 15 is 0 Å². The van der Waals surface area contributed by atoms with Gasteiger partial charge in [-0.1, -0.05) is 42.5 Å². The minimum absolute atomic E-state index is 0.106. The van der Waals surface area contributed by atoms with Gasteiger partial charge in [0, 0.05) is 24.8 Å². The van der Waals surface area contributed by atoms with Gasteiger partial charge in [-0.05, 0) is 42.0 Å². The fourth-order valence-electron chi connectivity index (χ4n) is 4.22. The number of hydrogen-bond donors (Lipinski definition) is 2. The number of H-pyrrole nitrogens is 1.